The summed E-state index contributed by atoms with van der Waals surface area (Å²) in [7, 11) is 0. The van der Waals surface area contributed by atoms with Crippen molar-refractivity contribution < 1.29 is 14.3 Å². The maximum atomic E-state index is 13.5. The van der Waals surface area contributed by atoms with E-state index in [4.69, 9.17) is 0 Å². The highest BCUT2D eigenvalue weighted by molar-refractivity contribution is 5.76. The zero-order valence-electron chi connectivity index (χ0n) is 12.1. The summed E-state index contributed by atoms with van der Waals surface area (Å²) in [6.45, 7) is 0. The average Bonchev–Trinajstić information content (AvgIpc) is 2.42. The Morgan fingerprint density at radius 2 is 1.76 bits per heavy atom. The zero-order chi connectivity index (χ0) is 14.6. The summed E-state index contributed by atoms with van der Waals surface area (Å²) in [5, 5.41) is 10.0. The van der Waals surface area contributed by atoms with Gasteiger partial charge in [-0.3, -0.25) is 4.79 Å². The van der Waals surface area contributed by atoms with Crippen molar-refractivity contribution in [1.29, 1.82) is 0 Å². The summed E-state index contributed by atoms with van der Waals surface area (Å²) in [6.07, 6.45) is 6.06. The molecule has 0 unspecified atom stereocenters. The molecular weight excluding hydrogens is 267 g/mol. The minimum absolute atomic E-state index is 0.267. The molecule has 0 aliphatic heterocycles. The number of carbonyl (C=O) groups is 1. The summed E-state index contributed by atoms with van der Waals surface area (Å²) in [5.74, 6) is 1.14. The van der Waals surface area contributed by atoms with Gasteiger partial charge in [0.25, 0.3) is 0 Å². The van der Waals surface area contributed by atoms with E-state index in [2.05, 4.69) is 0 Å². The number of halogens is 1. The average molecular weight is 288 g/mol. The molecule has 21 heavy (non-hydrogen) atoms. The second-order valence-corrected chi connectivity index (χ2v) is 7.46. The summed E-state index contributed by atoms with van der Waals surface area (Å²) in [6, 6.07) is 6.50. The summed E-state index contributed by atoms with van der Waals surface area (Å²) >= 11 is 0. The molecule has 112 valence electrons. The van der Waals surface area contributed by atoms with Gasteiger partial charge in [0.05, 0.1) is 5.41 Å². The molecule has 4 fully saturated rings. The van der Waals surface area contributed by atoms with Crippen LogP contribution in [0.4, 0.5) is 4.39 Å². The van der Waals surface area contributed by atoms with Gasteiger partial charge in [0, 0.05) is 0 Å². The molecule has 4 aliphatic carbocycles. The van der Waals surface area contributed by atoms with Crippen molar-refractivity contribution in [2.24, 2.45) is 29.1 Å². The predicted octanol–water partition coefficient (Wildman–Crippen LogP) is 3.90. The Hall–Kier alpha value is -1.38. The normalized spacial score (nSPS) is 40.4. The van der Waals surface area contributed by atoms with E-state index in [1.807, 2.05) is 6.07 Å². The van der Waals surface area contributed by atoms with Crippen LogP contribution in [0.15, 0.2) is 24.3 Å². The van der Waals surface area contributed by atoms with Gasteiger partial charge in [-0.1, -0.05) is 12.1 Å². The lowest BCUT2D eigenvalue weighted by Gasteiger charge is -2.59. The van der Waals surface area contributed by atoms with E-state index in [1.165, 1.54) is 18.6 Å². The number of carboxylic acid groups (broad SMARTS) is 1. The lowest BCUT2D eigenvalue weighted by molar-refractivity contribution is -0.177. The minimum Gasteiger partial charge on any atom is -0.481 e. The zero-order valence-corrected chi connectivity index (χ0v) is 12.1. The quantitative estimate of drug-likeness (QED) is 0.916. The largest absolute Gasteiger partial charge is 0.481 e. The van der Waals surface area contributed by atoms with Crippen LogP contribution in [-0.4, -0.2) is 11.1 Å². The van der Waals surface area contributed by atoms with Crippen LogP contribution in [0, 0.1) is 34.9 Å². The first-order chi connectivity index (χ1) is 10.1. The molecule has 1 aromatic carbocycles. The molecule has 0 amide bonds. The Labute approximate surface area is 124 Å². The van der Waals surface area contributed by atoms with Crippen molar-refractivity contribution in [3.05, 3.63) is 35.6 Å². The minimum atomic E-state index is -0.652. The first-order valence-electron chi connectivity index (χ1n) is 8.06. The van der Waals surface area contributed by atoms with E-state index in [-0.39, 0.29) is 17.7 Å². The van der Waals surface area contributed by atoms with E-state index in [0.717, 1.165) is 43.1 Å². The van der Waals surface area contributed by atoms with Gasteiger partial charge in [0.1, 0.15) is 5.82 Å². The Morgan fingerprint density at radius 3 is 2.29 bits per heavy atom. The molecule has 1 N–H and O–H groups in total. The summed E-state index contributed by atoms with van der Waals surface area (Å²) in [4.78, 5) is 12.2. The van der Waals surface area contributed by atoms with Crippen molar-refractivity contribution >= 4 is 5.97 Å². The van der Waals surface area contributed by atoms with Crippen LogP contribution in [0.5, 0.6) is 0 Å². The molecule has 0 heterocycles. The van der Waals surface area contributed by atoms with Crippen LogP contribution < -0.4 is 0 Å². The van der Waals surface area contributed by atoms with E-state index in [0.29, 0.717) is 6.42 Å². The first-order valence-corrected chi connectivity index (χ1v) is 8.06. The standard InChI is InChI=1S/C18H21FO2/c19-16-3-1-2-11(9-16)10-18(17(20)21)14-5-12-4-13(7-14)8-15(18)6-12/h1-3,9,12-15H,4-8,10H2,(H,20,21). The molecule has 5 rings (SSSR count). The summed E-state index contributed by atoms with van der Waals surface area (Å²) in [5.41, 5.74) is 0.186. The van der Waals surface area contributed by atoms with Crippen molar-refractivity contribution in [2.75, 3.05) is 0 Å². The predicted molar refractivity (Wildman–Crippen MR) is 77.2 cm³/mol. The Balaban J connectivity index is 1.72. The molecule has 0 radical (unpaired) electrons. The van der Waals surface area contributed by atoms with Crippen LogP contribution in [0.25, 0.3) is 0 Å². The number of aliphatic carboxylic acids is 1. The molecule has 0 aromatic heterocycles. The molecule has 0 saturated heterocycles. The lowest BCUT2D eigenvalue weighted by atomic mass is 9.44. The van der Waals surface area contributed by atoms with Gasteiger partial charge in [0.15, 0.2) is 0 Å². The van der Waals surface area contributed by atoms with Gasteiger partial charge in [-0.25, -0.2) is 4.39 Å². The third-order valence-electron chi connectivity index (χ3n) is 6.38. The topological polar surface area (TPSA) is 37.3 Å². The van der Waals surface area contributed by atoms with Gasteiger partial charge >= 0.3 is 5.97 Å². The van der Waals surface area contributed by atoms with Crippen molar-refractivity contribution in [3.63, 3.8) is 0 Å². The highest BCUT2D eigenvalue weighted by Crippen LogP contribution is 2.63. The fourth-order valence-electron chi connectivity index (χ4n) is 5.72. The third kappa shape index (κ3) is 1.93. The lowest BCUT2D eigenvalue weighted by Crippen LogP contribution is -2.57. The second-order valence-electron chi connectivity index (χ2n) is 7.46. The number of carboxylic acids is 1. The fourth-order valence-corrected chi connectivity index (χ4v) is 5.72. The third-order valence-corrected chi connectivity index (χ3v) is 6.38. The van der Waals surface area contributed by atoms with E-state index >= 15 is 0 Å². The highest BCUT2D eigenvalue weighted by Gasteiger charge is 2.60. The van der Waals surface area contributed by atoms with E-state index in [9.17, 15) is 14.3 Å². The smallest absolute Gasteiger partial charge is 0.310 e. The molecule has 2 nitrogen and oxygen atoms in total. The Morgan fingerprint density at radius 1 is 1.14 bits per heavy atom. The van der Waals surface area contributed by atoms with Crippen molar-refractivity contribution in [3.8, 4) is 0 Å². The van der Waals surface area contributed by atoms with Crippen LogP contribution in [0.1, 0.15) is 37.7 Å². The van der Waals surface area contributed by atoms with Crippen LogP contribution in [-0.2, 0) is 11.2 Å². The molecule has 4 bridgehead atoms. The molecule has 0 spiro atoms. The van der Waals surface area contributed by atoms with Crippen LogP contribution >= 0.6 is 0 Å². The Bertz CT molecular complexity index is 552. The van der Waals surface area contributed by atoms with Gasteiger partial charge in [-0.15, -0.1) is 0 Å². The number of benzene rings is 1. The monoisotopic (exact) mass is 288 g/mol. The van der Waals surface area contributed by atoms with Gasteiger partial charge < -0.3 is 5.11 Å². The summed E-state index contributed by atoms with van der Waals surface area (Å²) < 4.78 is 13.5. The number of rotatable bonds is 3. The van der Waals surface area contributed by atoms with Crippen molar-refractivity contribution in [1.82, 2.24) is 0 Å². The van der Waals surface area contributed by atoms with Gasteiger partial charge in [0.2, 0.25) is 0 Å². The highest BCUT2D eigenvalue weighted by atomic mass is 19.1. The molecule has 0 atom stereocenters. The van der Waals surface area contributed by atoms with Crippen LogP contribution in [0.3, 0.4) is 0 Å². The second kappa shape index (κ2) is 4.56. The molecular formula is C18H21FO2. The maximum Gasteiger partial charge on any atom is 0.310 e. The fraction of sp³-hybridized carbons (Fsp3) is 0.611. The molecule has 3 heteroatoms. The SMILES string of the molecule is O=C(O)C1(Cc2cccc(F)c2)C2CC3CC(C2)CC1C3. The maximum absolute atomic E-state index is 13.5. The van der Waals surface area contributed by atoms with Gasteiger partial charge in [-0.05, 0) is 79.9 Å². The van der Waals surface area contributed by atoms with Crippen molar-refractivity contribution in [2.45, 2.75) is 38.5 Å². The number of hydrogen-bond acceptors (Lipinski definition) is 1. The number of hydrogen-bond donors (Lipinski definition) is 1. The first kappa shape index (κ1) is 13.3. The van der Waals surface area contributed by atoms with E-state index < -0.39 is 11.4 Å². The van der Waals surface area contributed by atoms with Crippen LogP contribution in [0.2, 0.25) is 0 Å². The van der Waals surface area contributed by atoms with Gasteiger partial charge in [-0.2, -0.15) is 0 Å². The molecule has 1 aromatic rings. The molecule has 4 saturated carbocycles. The van der Waals surface area contributed by atoms with E-state index in [1.54, 1.807) is 6.07 Å². The Kier molecular flexibility index (Phi) is 2.88. The molecule has 4 aliphatic rings.